The Kier molecular flexibility index (Phi) is 3.06. The van der Waals surface area contributed by atoms with E-state index in [1.807, 2.05) is 0 Å². The van der Waals surface area contributed by atoms with Crippen LogP contribution in [0, 0.1) is 0 Å². The molecule has 3 rings (SSSR count). The average molecular weight is 273 g/mol. The third kappa shape index (κ3) is 2.32. The van der Waals surface area contributed by atoms with Crippen molar-refractivity contribution in [1.29, 1.82) is 0 Å². The first-order chi connectivity index (χ1) is 9.57. The summed E-state index contributed by atoms with van der Waals surface area (Å²) in [5.74, 6) is -0.509. The summed E-state index contributed by atoms with van der Waals surface area (Å²) >= 11 is 0. The number of hydrogen-bond donors (Lipinski definition) is 2. The summed E-state index contributed by atoms with van der Waals surface area (Å²) in [5, 5.41) is 13.2. The zero-order valence-electron chi connectivity index (χ0n) is 10.9. The molecule has 1 heterocycles. The summed E-state index contributed by atoms with van der Waals surface area (Å²) in [6.45, 7) is 0.165. The molecular formula is C15H15NO4. The summed E-state index contributed by atoms with van der Waals surface area (Å²) in [6, 6.07) is 8.53. The van der Waals surface area contributed by atoms with Crippen LogP contribution in [0.25, 0.3) is 11.0 Å². The fourth-order valence-electron chi connectivity index (χ4n) is 2.32. The monoisotopic (exact) mass is 273 g/mol. The summed E-state index contributed by atoms with van der Waals surface area (Å²) in [5.41, 5.74) is -1.06. The van der Waals surface area contributed by atoms with Gasteiger partial charge >= 0.3 is 5.63 Å². The normalized spacial score (nSPS) is 16.6. The number of para-hydroxylation sites is 1. The van der Waals surface area contributed by atoms with E-state index in [-0.39, 0.29) is 12.1 Å². The molecule has 1 aliphatic rings. The van der Waals surface area contributed by atoms with Crippen LogP contribution in [-0.2, 0) is 0 Å². The highest BCUT2D eigenvalue weighted by Crippen LogP contribution is 2.30. The lowest BCUT2D eigenvalue weighted by Crippen LogP contribution is -2.48. The minimum absolute atomic E-state index is 0.0355. The van der Waals surface area contributed by atoms with E-state index in [1.165, 1.54) is 6.07 Å². The van der Waals surface area contributed by atoms with Crippen molar-refractivity contribution in [2.24, 2.45) is 0 Å². The molecule has 0 spiro atoms. The fourth-order valence-corrected chi connectivity index (χ4v) is 2.32. The molecule has 0 aliphatic heterocycles. The highest BCUT2D eigenvalue weighted by Gasteiger charge is 2.34. The SMILES string of the molecule is O=C(NCC1(O)CCC1)c1cc2ccccc2oc1=O. The summed E-state index contributed by atoms with van der Waals surface area (Å²) in [7, 11) is 0. The maximum absolute atomic E-state index is 12.0. The van der Waals surface area contributed by atoms with Crippen LogP contribution < -0.4 is 10.9 Å². The molecule has 1 saturated carbocycles. The summed E-state index contributed by atoms with van der Waals surface area (Å²) in [4.78, 5) is 23.8. The molecule has 104 valence electrons. The third-order valence-electron chi connectivity index (χ3n) is 3.75. The van der Waals surface area contributed by atoms with Crippen LogP contribution in [0.15, 0.2) is 39.5 Å². The molecule has 5 heteroatoms. The number of carbonyl (C=O) groups is 1. The van der Waals surface area contributed by atoms with Crippen molar-refractivity contribution < 1.29 is 14.3 Å². The number of hydrogen-bond acceptors (Lipinski definition) is 4. The molecule has 20 heavy (non-hydrogen) atoms. The van der Waals surface area contributed by atoms with Crippen LogP contribution in [0.2, 0.25) is 0 Å². The number of benzene rings is 1. The van der Waals surface area contributed by atoms with E-state index in [1.54, 1.807) is 24.3 Å². The second kappa shape index (κ2) is 4.76. The van der Waals surface area contributed by atoms with E-state index >= 15 is 0 Å². The van der Waals surface area contributed by atoms with Crippen LogP contribution in [0.3, 0.4) is 0 Å². The highest BCUT2D eigenvalue weighted by atomic mass is 16.4. The number of aliphatic hydroxyl groups is 1. The molecule has 0 saturated heterocycles. The Hall–Kier alpha value is -2.14. The van der Waals surface area contributed by atoms with Gasteiger partial charge in [-0.05, 0) is 31.4 Å². The zero-order valence-corrected chi connectivity index (χ0v) is 10.9. The smallest absolute Gasteiger partial charge is 0.349 e. The number of fused-ring (bicyclic) bond motifs is 1. The molecule has 0 unspecified atom stereocenters. The predicted molar refractivity (Wildman–Crippen MR) is 73.6 cm³/mol. The largest absolute Gasteiger partial charge is 0.422 e. The molecule has 0 radical (unpaired) electrons. The molecule has 2 N–H and O–H groups in total. The van der Waals surface area contributed by atoms with E-state index in [2.05, 4.69) is 5.32 Å². The Morgan fingerprint density at radius 1 is 1.35 bits per heavy atom. The van der Waals surface area contributed by atoms with Gasteiger partial charge in [0.1, 0.15) is 11.1 Å². The first-order valence-corrected chi connectivity index (χ1v) is 6.61. The molecule has 1 amide bonds. The first kappa shape index (κ1) is 12.9. The van der Waals surface area contributed by atoms with E-state index in [0.29, 0.717) is 23.8 Å². The van der Waals surface area contributed by atoms with Crippen molar-refractivity contribution in [2.75, 3.05) is 6.54 Å². The van der Waals surface area contributed by atoms with Gasteiger partial charge in [-0.25, -0.2) is 4.79 Å². The molecule has 2 aromatic rings. The lowest BCUT2D eigenvalue weighted by atomic mass is 9.80. The lowest BCUT2D eigenvalue weighted by molar-refractivity contribution is -0.0300. The molecule has 1 aliphatic carbocycles. The second-order valence-electron chi connectivity index (χ2n) is 5.25. The van der Waals surface area contributed by atoms with Gasteiger partial charge in [-0.2, -0.15) is 0 Å². The van der Waals surface area contributed by atoms with E-state index in [0.717, 1.165) is 6.42 Å². The van der Waals surface area contributed by atoms with Crippen molar-refractivity contribution in [3.63, 3.8) is 0 Å². The zero-order chi connectivity index (χ0) is 14.2. The maximum atomic E-state index is 12.0. The lowest BCUT2D eigenvalue weighted by Gasteiger charge is -2.36. The van der Waals surface area contributed by atoms with Gasteiger partial charge in [-0.3, -0.25) is 4.79 Å². The van der Waals surface area contributed by atoms with Gasteiger partial charge < -0.3 is 14.8 Å². The van der Waals surface area contributed by atoms with Crippen LogP contribution >= 0.6 is 0 Å². The Labute approximate surface area is 115 Å². The maximum Gasteiger partial charge on any atom is 0.349 e. The van der Waals surface area contributed by atoms with Gasteiger partial charge in [0.25, 0.3) is 5.91 Å². The quantitative estimate of drug-likeness (QED) is 0.829. The Morgan fingerprint density at radius 3 is 2.80 bits per heavy atom. The topological polar surface area (TPSA) is 79.5 Å². The first-order valence-electron chi connectivity index (χ1n) is 6.61. The molecule has 1 fully saturated rings. The standard InChI is InChI=1S/C15H15NO4/c17-13(16-9-15(19)6-3-7-15)11-8-10-4-1-2-5-12(10)20-14(11)18/h1-2,4-5,8,19H,3,6-7,9H2,(H,16,17). The van der Waals surface area contributed by atoms with Gasteiger partial charge in [0.05, 0.1) is 5.60 Å². The van der Waals surface area contributed by atoms with Gasteiger partial charge in [0, 0.05) is 11.9 Å². The Balaban J connectivity index is 1.83. The molecule has 5 nitrogen and oxygen atoms in total. The van der Waals surface area contributed by atoms with Crippen molar-refractivity contribution in [3.05, 3.63) is 46.3 Å². The Morgan fingerprint density at radius 2 is 2.10 bits per heavy atom. The minimum Gasteiger partial charge on any atom is -0.422 e. The van der Waals surface area contributed by atoms with Gasteiger partial charge in [0.15, 0.2) is 0 Å². The third-order valence-corrected chi connectivity index (χ3v) is 3.75. The average Bonchev–Trinajstić information content (AvgIpc) is 2.42. The van der Waals surface area contributed by atoms with Gasteiger partial charge in [0.2, 0.25) is 0 Å². The van der Waals surface area contributed by atoms with Crippen molar-refractivity contribution >= 4 is 16.9 Å². The fraction of sp³-hybridized carbons (Fsp3) is 0.333. The molecule has 0 bridgehead atoms. The molecule has 1 aromatic heterocycles. The van der Waals surface area contributed by atoms with Crippen molar-refractivity contribution in [2.45, 2.75) is 24.9 Å². The van der Waals surface area contributed by atoms with Crippen molar-refractivity contribution in [1.82, 2.24) is 5.32 Å². The molecule has 1 aromatic carbocycles. The van der Waals surface area contributed by atoms with Crippen LogP contribution in [0.1, 0.15) is 29.6 Å². The van der Waals surface area contributed by atoms with Crippen LogP contribution in [-0.4, -0.2) is 23.2 Å². The minimum atomic E-state index is -0.813. The summed E-state index contributed by atoms with van der Waals surface area (Å²) in [6.07, 6.45) is 2.32. The summed E-state index contributed by atoms with van der Waals surface area (Å²) < 4.78 is 5.11. The van der Waals surface area contributed by atoms with E-state index in [9.17, 15) is 14.7 Å². The predicted octanol–water partition coefficient (Wildman–Crippen LogP) is 1.44. The number of amides is 1. The van der Waals surface area contributed by atoms with Crippen LogP contribution in [0.4, 0.5) is 0 Å². The number of nitrogens with one attached hydrogen (secondary N) is 1. The highest BCUT2D eigenvalue weighted by molar-refractivity contribution is 5.96. The van der Waals surface area contributed by atoms with E-state index in [4.69, 9.17) is 4.42 Å². The van der Waals surface area contributed by atoms with Crippen LogP contribution in [0.5, 0.6) is 0 Å². The number of carbonyl (C=O) groups excluding carboxylic acids is 1. The van der Waals surface area contributed by atoms with Gasteiger partial charge in [-0.1, -0.05) is 18.2 Å². The molecule has 0 atom stereocenters. The van der Waals surface area contributed by atoms with E-state index < -0.39 is 17.1 Å². The molecular weight excluding hydrogens is 258 g/mol. The number of rotatable bonds is 3. The Bertz CT molecular complexity index is 715. The second-order valence-corrected chi connectivity index (χ2v) is 5.25. The van der Waals surface area contributed by atoms with Gasteiger partial charge in [-0.15, -0.1) is 0 Å². The van der Waals surface area contributed by atoms with Crippen molar-refractivity contribution in [3.8, 4) is 0 Å².